The zero-order valence-electron chi connectivity index (χ0n) is 9.81. The highest BCUT2D eigenvalue weighted by molar-refractivity contribution is 5.96. The van der Waals surface area contributed by atoms with Crippen molar-refractivity contribution in [1.82, 2.24) is 5.32 Å². The molecule has 0 aromatic heterocycles. The fraction of sp³-hybridized carbons (Fsp3) is 0.333. The minimum absolute atomic E-state index is 0. The van der Waals surface area contributed by atoms with Crippen LogP contribution in [-0.4, -0.2) is 24.4 Å². The van der Waals surface area contributed by atoms with Crippen LogP contribution in [-0.2, 0) is 4.79 Å². The van der Waals surface area contributed by atoms with E-state index in [1.807, 2.05) is 0 Å². The van der Waals surface area contributed by atoms with Gasteiger partial charge in [-0.05, 0) is 43.7 Å². The molecule has 0 bridgehead atoms. The molecule has 1 fully saturated rings. The van der Waals surface area contributed by atoms with Crippen LogP contribution in [0.3, 0.4) is 0 Å². The average Bonchev–Trinajstić information content (AvgIpc) is 2.83. The first-order chi connectivity index (χ1) is 8.16. The Hall–Kier alpha value is -1.59. The molecule has 2 rings (SSSR count). The molecule has 1 unspecified atom stereocenters. The van der Waals surface area contributed by atoms with Crippen LogP contribution in [0.5, 0.6) is 0 Å². The Labute approximate surface area is 112 Å². The Morgan fingerprint density at radius 3 is 2.44 bits per heavy atom. The zero-order valence-corrected chi connectivity index (χ0v) is 10.6. The van der Waals surface area contributed by atoms with E-state index in [4.69, 9.17) is 5.73 Å². The van der Waals surface area contributed by atoms with Crippen molar-refractivity contribution >= 4 is 29.9 Å². The molecule has 0 radical (unpaired) electrons. The number of benzene rings is 1. The lowest BCUT2D eigenvalue weighted by Crippen LogP contribution is -2.35. The molecular formula is C12H16ClN3O2. The third-order valence-corrected chi connectivity index (χ3v) is 2.81. The largest absolute Gasteiger partial charge is 0.366 e. The van der Waals surface area contributed by atoms with Gasteiger partial charge in [-0.2, -0.15) is 0 Å². The summed E-state index contributed by atoms with van der Waals surface area (Å²) in [5, 5.41) is 5.92. The minimum atomic E-state index is -0.472. The summed E-state index contributed by atoms with van der Waals surface area (Å²) in [4.78, 5) is 22.6. The Balaban J connectivity index is 0.00000162. The molecule has 0 saturated carbocycles. The Morgan fingerprint density at radius 2 is 1.94 bits per heavy atom. The van der Waals surface area contributed by atoms with Crippen LogP contribution in [0, 0.1) is 0 Å². The van der Waals surface area contributed by atoms with E-state index in [1.54, 1.807) is 24.3 Å². The van der Waals surface area contributed by atoms with Gasteiger partial charge in [0.25, 0.3) is 0 Å². The lowest BCUT2D eigenvalue weighted by molar-refractivity contribution is -0.117. The van der Waals surface area contributed by atoms with Gasteiger partial charge in [0, 0.05) is 11.3 Å². The van der Waals surface area contributed by atoms with Crippen LogP contribution < -0.4 is 16.4 Å². The second kappa shape index (κ2) is 6.37. The molecule has 1 aliphatic heterocycles. The maximum Gasteiger partial charge on any atom is 0.248 e. The van der Waals surface area contributed by atoms with Crippen molar-refractivity contribution in [3.05, 3.63) is 29.8 Å². The van der Waals surface area contributed by atoms with Gasteiger partial charge in [-0.1, -0.05) is 0 Å². The van der Waals surface area contributed by atoms with E-state index < -0.39 is 5.91 Å². The van der Waals surface area contributed by atoms with E-state index in [0.717, 1.165) is 19.4 Å². The second-order valence-corrected chi connectivity index (χ2v) is 4.08. The lowest BCUT2D eigenvalue weighted by Gasteiger charge is -2.11. The van der Waals surface area contributed by atoms with Gasteiger partial charge in [0.15, 0.2) is 0 Å². The van der Waals surface area contributed by atoms with E-state index in [1.165, 1.54) is 0 Å². The summed E-state index contributed by atoms with van der Waals surface area (Å²) in [7, 11) is 0. The third kappa shape index (κ3) is 3.45. The van der Waals surface area contributed by atoms with E-state index in [9.17, 15) is 9.59 Å². The van der Waals surface area contributed by atoms with Crippen molar-refractivity contribution in [2.45, 2.75) is 18.9 Å². The van der Waals surface area contributed by atoms with Gasteiger partial charge >= 0.3 is 0 Å². The first-order valence-electron chi connectivity index (χ1n) is 5.61. The molecule has 1 aliphatic rings. The summed E-state index contributed by atoms with van der Waals surface area (Å²) in [5.74, 6) is -0.505. The number of amides is 2. The normalized spacial score (nSPS) is 17.9. The van der Waals surface area contributed by atoms with Gasteiger partial charge in [-0.25, -0.2) is 0 Å². The first kappa shape index (κ1) is 14.5. The molecule has 98 valence electrons. The molecule has 5 nitrogen and oxygen atoms in total. The first-order valence-corrected chi connectivity index (χ1v) is 5.61. The van der Waals surface area contributed by atoms with Gasteiger partial charge in [0.2, 0.25) is 11.8 Å². The standard InChI is InChI=1S/C12H15N3O2.ClH/c13-11(16)8-3-5-9(6-4-8)15-12(17)10-2-1-7-14-10;/h3-6,10,14H,1-2,7H2,(H2,13,16)(H,15,17);1H. The Morgan fingerprint density at radius 1 is 1.28 bits per heavy atom. The van der Waals surface area contributed by atoms with Crippen molar-refractivity contribution in [1.29, 1.82) is 0 Å². The second-order valence-electron chi connectivity index (χ2n) is 4.08. The van der Waals surface area contributed by atoms with Crippen LogP contribution >= 0.6 is 12.4 Å². The van der Waals surface area contributed by atoms with Gasteiger partial charge in [-0.3, -0.25) is 9.59 Å². The third-order valence-electron chi connectivity index (χ3n) is 2.81. The number of hydrogen-bond acceptors (Lipinski definition) is 3. The number of nitrogens with one attached hydrogen (secondary N) is 2. The van der Waals surface area contributed by atoms with Crippen molar-refractivity contribution in [3.63, 3.8) is 0 Å². The highest BCUT2D eigenvalue weighted by Gasteiger charge is 2.21. The number of primary amides is 1. The SMILES string of the molecule is Cl.NC(=O)c1ccc(NC(=O)C2CCCN2)cc1. The van der Waals surface area contributed by atoms with E-state index in [0.29, 0.717) is 11.3 Å². The quantitative estimate of drug-likeness (QED) is 0.762. The molecule has 1 saturated heterocycles. The van der Waals surface area contributed by atoms with E-state index in [-0.39, 0.29) is 24.4 Å². The summed E-state index contributed by atoms with van der Waals surface area (Å²) in [6, 6.07) is 6.44. The van der Waals surface area contributed by atoms with E-state index >= 15 is 0 Å². The summed E-state index contributed by atoms with van der Waals surface area (Å²) < 4.78 is 0. The fourth-order valence-electron chi connectivity index (χ4n) is 1.86. The summed E-state index contributed by atoms with van der Waals surface area (Å²) in [6.45, 7) is 0.888. The highest BCUT2D eigenvalue weighted by atomic mass is 35.5. The number of hydrogen-bond donors (Lipinski definition) is 3. The van der Waals surface area contributed by atoms with Crippen molar-refractivity contribution in [2.24, 2.45) is 5.73 Å². The van der Waals surface area contributed by atoms with Crippen LogP contribution in [0.15, 0.2) is 24.3 Å². The van der Waals surface area contributed by atoms with Gasteiger partial charge in [-0.15, -0.1) is 12.4 Å². The summed E-state index contributed by atoms with van der Waals surface area (Å²) >= 11 is 0. The molecule has 0 spiro atoms. The average molecular weight is 270 g/mol. The molecule has 1 aromatic rings. The number of carbonyl (C=O) groups is 2. The van der Waals surface area contributed by atoms with Gasteiger partial charge in [0.1, 0.15) is 0 Å². The monoisotopic (exact) mass is 269 g/mol. The number of nitrogens with two attached hydrogens (primary N) is 1. The molecule has 0 aliphatic carbocycles. The molecule has 1 aromatic carbocycles. The molecule has 6 heteroatoms. The molecule has 1 atom stereocenters. The Kier molecular flexibility index (Phi) is 5.12. The van der Waals surface area contributed by atoms with Crippen LogP contribution in [0.25, 0.3) is 0 Å². The molecule has 1 heterocycles. The predicted molar refractivity (Wildman–Crippen MR) is 71.9 cm³/mol. The van der Waals surface area contributed by atoms with Crippen molar-refractivity contribution in [2.75, 3.05) is 11.9 Å². The van der Waals surface area contributed by atoms with E-state index in [2.05, 4.69) is 10.6 Å². The summed E-state index contributed by atoms with van der Waals surface area (Å²) in [5.41, 5.74) is 6.24. The van der Waals surface area contributed by atoms with Gasteiger partial charge in [0.05, 0.1) is 6.04 Å². The highest BCUT2D eigenvalue weighted by Crippen LogP contribution is 2.12. The van der Waals surface area contributed by atoms with Crippen LogP contribution in [0.2, 0.25) is 0 Å². The lowest BCUT2D eigenvalue weighted by atomic mass is 10.2. The molecular weight excluding hydrogens is 254 g/mol. The Bertz CT molecular complexity index is 427. The van der Waals surface area contributed by atoms with Crippen LogP contribution in [0.4, 0.5) is 5.69 Å². The maximum absolute atomic E-state index is 11.8. The zero-order chi connectivity index (χ0) is 12.3. The fourth-order valence-corrected chi connectivity index (χ4v) is 1.86. The number of carbonyl (C=O) groups excluding carboxylic acids is 2. The smallest absolute Gasteiger partial charge is 0.248 e. The van der Waals surface area contributed by atoms with Crippen molar-refractivity contribution in [3.8, 4) is 0 Å². The molecule has 2 amide bonds. The maximum atomic E-state index is 11.8. The molecule has 4 N–H and O–H groups in total. The predicted octanol–water partition coefficient (Wildman–Crippen LogP) is 0.898. The number of rotatable bonds is 3. The van der Waals surface area contributed by atoms with Crippen LogP contribution in [0.1, 0.15) is 23.2 Å². The number of anilines is 1. The van der Waals surface area contributed by atoms with Gasteiger partial charge < -0.3 is 16.4 Å². The topological polar surface area (TPSA) is 84.2 Å². The summed E-state index contributed by atoms with van der Waals surface area (Å²) in [6.07, 6.45) is 1.89. The number of halogens is 1. The molecule has 18 heavy (non-hydrogen) atoms. The minimum Gasteiger partial charge on any atom is -0.366 e. The van der Waals surface area contributed by atoms with Crippen molar-refractivity contribution < 1.29 is 9.59 Å².